The molecular weight excluding hydrogens is 283 g/mol. The van der Waals surface area contributed by atoms with Crippen molar-refractivity contribution in [1.82, 2.24) is 0 Å². The number of carboxylic acid groups (broad SMARTS) is 1. The van der Waals surface area contributed by atoms with Gasteiger partial charge in [-0.2, -0.15) is 0 Å². The van der Waals surface area contributed by atoms with Crippen molar-refractivity contribution in [1.29, 1.82) is 0 Å². The third kappa shape index (κ3) is 3.08. The van der Waals surface area contributed by atoms with Crippen LogP contribution >= 0.6 is 11.6 Å². The Bertz CT molecular complexity index is 656. The first-order chi connectivity index (χ1) is 9.49. The largest absolute Gasteiger partial charge is 0.488 e. The summed E-state index contributed by atoms with van der Waals surface area (Å²) in [4.78, 5) is 11.1. The lowest BCUT2D eigenvalue weighted by Crippen LogP contribution is -2.05. The number of ether oxygens (including phenoxy) is 1. The highest BCUT2D eigenvalue weighted by Gasteiger charge is 2.14. The number of hydrogen-bond donors (Lipinski definition) is 1. The van der Waals surface area contributed by atoms with Crippen LogP contribution in [0.15, 0.2) is 36.4 Å². The van der Waals surface area contributed by atoms with Gasteiger partial charge in [0.1, 0.15) is 23.7 Å². The quantitative estimate of drug-likeness (QED) is 0.925. The standard InChI is InChI=1S/C15H12ClFO3/c1-9-3-2-4-12(15(18)19)14(9)20-8-10-5-6-11(17)7-13(10)16/h2-7H,8H2,1H3,(H,18,19). The van der Waals surface area contributed by atoms with Crippen molar-refractivity contribution in [2.45, 2.75) is 13.5 Å². The summed E-state index contributed by atoms with van der Waals surface area (Å²) in [6.07, 6.45) is 0. The van der Waals surface area contributed by atoms with E-state index in [2.05, 4.69) is 0 Å². The van der Waals surface area contributed by atoms with Crippen LogP contribution in [0.2, 0.25) is 5.02 Å². The molecule has 2 rings (SSSR count). The molecule has 0 spiro atoms. The van der Waals surface area contributed by atoms with Crippen LogP contribution in [0.4, 0.5) is 4.39 Å². The third-order valence-electron chi connectivity index (χ3n) is 2.83. The summed E-state index contributed by atoms with van der Waals surface area (Å²) in [6.45, 7) is 1.83. The van der Waals surface area contributed by atoms with E-state index in [0.29, 0.717) is 16.9 Å². The highest BCUT2D eigenvalue weighted by molar-refractivity contribution is 6.31. The van der Waals surface area contributed by atoms with E-state index >= 15 is 0 Å². The van der Waals surface area contributed by atoms with Crippen molar-refractivity contribution in [2.75, 3.05) is 0 Å². The molecule has 0 unspecified atom stereocenters. The van der Waals surface area contributed by atoms with Gasteiger partial charge in [0.05, 0.1) is 5.02 Å². The van der Waals surface area contributed by atoms with E-state index in [0.717, 1.165) is 0 Å². The van der Waals surface area contributed by atoms with Gasteiger partial charge >= 0.3 is 5.97 Å². The van der Waals surface area contributed by atoms with Crippen LogP contribution in [0.5, 0.6) is 5.75 Å². The van der Waals surface area contributed by atoms with Crippen molar-refractivity contribution < 1.29 is 19.0 Å². The molecule has 0 amide bonds. The molecule has 5 heteroatoms. The smallest absolute Gasteiger partial charge is 0.339 e. The van der Waals surface area contributed by atoms with Gasteiger partial charge in [0.2, 0.25) is 0 Å². The zero-order valence-electron chi connectivity index (χ0n) is 10.7. The van der Waals surface area contributed by atoms with Crippen LogP contribution in [0.25, 0.3) is 0 Å². The Labute approximate surface area is 120 Å². The normalized spacial score (nSPS) is 10.3. The average molecular weight is 295 g/mol. The maximum absolute atomic E-state index is 12.9. The number of carbonyl (C=O) groups is 1. The molecule has 0 saturated heterocycles. The molecule has 1 N–H and O–H groups in total. The minimum atomic E-state index is -1.06. The van der Waals surface area contributed by atoms with E-state index in [-0.39, 0.29) is 17.2 Å². The fraction of sp³-hybridized carbons (Fsp3) is 0.133. The zero-order valence-corrected chi connectivity index (χ0v) is 11.4. The molecule has 0 aliphatic rings. The van der Waals surface area contributed by atoms with Gasteiger partial charge in [0.15, 0.2) is 0 Å². The minimum Gasteiger partial charge on any atom is -0.488 e. The molecule has 0 heterocycles. The summed E-state index contributed by atoms with van der Waals surface area (Å²) in [6, 6.07) is 8.86. The van der Waals surface area contributed by atoms with E-state index in [4.69, 9.17) is 21.4 Å². The predicted molar refractivity (Wildman–Crippen MR) is 73.9 cm³/mol. The van der Waals surface area contributed by atoms with Crippen LogP contribution in [-0.2, 0) is 6.61 Å². The summed E-state index contributed by atoms with van der Waals surface area (Å²) in [5.41, 5.74) is 1.39. The number of rotatable bonds is 4. The molecule has 0 saturated carbocycles. The summed E-state index contributed by atoms with van der Waals surface area (Å²) < 4.78 is 18.5. The lowest BCUT2D eigenvalue weighted by Gasteiger charge is -2.12. The van der Waals surface area contributed by atoms with Crippen molar-refractivity contribution in [3.05, 3.63) is 63.9 Å². The second-order valence-electron chi connectivity index (χ2n) is 4.28. The zero-order chi connectivity index (χ0) is 14.7. The maximum atomic E-state index is 12.9. The highest BCUT2D eigenvalue weighted by atomic mass is 35.5. The topological polar surface area (TPSA) is 46.5 Å². The SMILES string of the molecule is Cc1cccc(C(=O)O)c1OCc1ccc(F)cc1Cl. The van der Waals surface area contributed by atoms with Crippen LogP contribution in [0, 0.1) is 12.7 Å². The van der Waals surface area contributed by atoms with Crippen molar-refractivity contribution >= 4 is 17.6 Å². The summed E-state index contributed by atoms with van der Waals surface area (Å²) in [5.74, 6) is -1.20. The lowest BCUT2D eigenvalue weighted by molar-refractivity contribution is 0.0691. The fourth-order valence-corrected chi connectivity index (χ4v) is 2.02. The molecule has 0 atom stereocenters. The molecule has 104 valence electrons. The van der Waals surface area contributed by atoms with Crippen LogP contribution in [-0.4, -0.2) is 11.1 Å². The van der Waals surface area contributed by atoms with Gasteiger partial charge in [-0.15, -0.1) is 0 Å². The lowest BCUT2D eigenvalue weighted by atomic mass is 10.1. The second-order valence-corrected chi connectivity index (χ2v) is 4.69. The van der Waals surface area contributed by atoms with Crippen molar-refractivity contribution in [3.8, 4) is 5.75 Å². The predicted octanol–water partition coefficient (Wildman–Crippen LogP) is 4.06. The minimum absolute atomic E-state index is 0.0737. The molecule has 0 radical (unpaired) electrons. The Morgan fingerprint density at radius 3 is 2.75 bits per heavy atom. The fourth-order valence-electron chi connectivity index (χ4n) is 1.80. The molecule has 0 aliphatic carbocycles. The first kappa shape index (κ1) is 14.3. The molecule has 3 nitrogen and oxygen atoms in total. The summed E-state index contributed by atoms with van der Waals surface area (Å²) >= 11 is 5.90. The molecule has 0 fully saturated rings. The number of hydrogen-bond acceptors (Lipinski definition) is 2. The van der Waals surface area contributed by atoms with E-state index in [1.165, 1.54) is 24.3 Å². The Balaban J connectivity index is 2.25. The Hall–Kier alpha value is -2.07. The van der Waals surface area contributed by atoms with Crippen LogP contribution in [0.1, 0.15) is 21.5 Å². The third-order valence-corrected chi connectivity index (χ3v) is 3.18. The van der Waals surface area contributed by atoms with E-state index < -0.39 is 11.8 Å². The maximum Gasteiger partial charge on any atom is 0.339 e. The number of aromatic carboxylic acids is 1. The summed E-state index contributed by atoms with van der Waals surface area (Å²) in [5, 5.41) is 9.37. The van der Waals surface area contributed by atoms with Gasteiger partial charge < -0.3 is 9.84 Å². The first-order valence-corrected chi connectivity index (χ1v) is 6.26. The Morgan fingerprint density at radius 1 is 1.35 bits per heavy atom. The summed E-state index contributed by atoms with van der Waals surface area (Å²) in [7, 11) is 0. The monoisotopic (exact) mass is 294 g/mol. The van der Waals surface area contributed by atoms with Gasteiger partial charge in [-0.1, -0.05) is 29.8 Å². The van der Waals surface area contributed by atoms with Gasteiger partial charge in [0.25, 0.3) is 0 Å². The van der Waals surface area contributed by atoms with Crippen molar-refractivity contribution in [2.24, 2.45) is 0 Å². The molecule has 2 aromatic rings. The van der Waals surface area contributed by atoms with E-state index in [1.807, 2.05) is 0 Å². The Morgan fingerprint density at radius 2 is 2.10 bits per heavy atom. The van der Waals surface area contributed by atoms with Crippen molar-refractivity contribution in [3.63, 3.8) is 0 Å². The number of aryl methyl sites for hydroxylation is 1. The van der Waals surface area contributed by atoms with Gasteiger partial charge in [-0.05, 0) is 30.7 Å². The Kier molecular flexibility index (Phi) is 4.25. The number of para-hydroxylation sites is 1. The van der Waals surface area contributed by atoms with E-state index in [1.54, 1.807) is 19.1 Å². The molecule has 0 aliphatic heterocycles. The highest BCUT2D eigenvalue weighted by Crippen LogP contribution is 2.26. The van der Waals surface area contributed by atoms with Gasteiger partial charge in [-0.25, -0.2) is 9.18 Å². The molecule has 0 bridgehead atoms. The van der Waals surface area contributed by atoms with Crippen LogP contribution in [0.3, 0.4) is 0 Å². The van der Waals surface area contributed by atoms with E-state index in [9.17, 15) is 9.18 Å². The van der Waals surface area contributed by atoms with Gasteiger partial charge in [-0.3, -0.25) is 0 Å². The molecule has 20 heavy (non-hydrogen) atoms. The molecule has 0 aromatic heterocycles. The second kappa shape index (κ2) is 5.92. The van der Waals surface area contributed by atoms with Gasteiger partial charge in [0, 0.05) is 5.56 Å². The first-order valence-electron chi connectivity index (χ1n) is 5.88. The molecule has 2 aromatic carbocycles. The average Bonchev–Trinajstić information content (AvgIpc) is 2.38. The number of benzene rings is 2. The number of halogens is 2. The van der Waals surface area contributed by atoms with Crippen LogP contribution < -0.4 is 4.74 Å². The number of carboxylic acids is 1. The molecular formula is C15H12ClFO3.